The molecule has 82 valence electrons. The van der Waals surface area contributed by atoms with E-state index in [1.165, 1.54) is 12.0 Å². The van der Waals surface area contributed by atoms with Crippen molar-refractivity contribution in [2.24, 2.45) is 11.3 Å². The molecule has 1 saturated heterocycles. The van der Waals surface area contributed by atoms with Crippen LogP contribution in [0, 0.1) is 11.3 Å². The van der Waals surface area contributed by atoms with Gasteiger partial charge in [0.2, 0.25) is 0 Å². The molecule has 0 bridgehead atoms. The van der Waals surface area contributed by atoms with E-state index >= 15 is 0 Å². The van der Waals surface area contributed by atoms with Gasteiger partial charge in [0, 0.05) is 12.6 Å². The summed E-state index contributed by atoms with van der Waals surface area (Å²) in [6.07, 6.45) is 1.25. The molecule has 1 nitrogen and oxygen atoms in total. The number of benzene rings is 1. The molecule has 0 radical (unpaired) electrons. The summed E-state index contributed by atoms with van der Waals surface area (Å²) >= 11 is 0. The SMILES string of the molecule is CC1CC(c2ccccc2)NCC1(C)C. The molecule has 1 fully saturated rings. The summed E-state index contributed by atoms with van der Waals surface area (Å²) in [7, 11) is 0. The summed E-state index contributed by atoms with van der Waals surface area (Å²) in [5.41, 5.74) is 1.87. The van der Waals surface area contributed by atoms with Crippen LogP contribution in [0.1, 0.15) is 38.8 Å². The third-order valence-corrected chi connectivity index (χ3v) is 3.93. The topological polar surface area (TPSA) is 12.0 Å². The zero-order valence-electron chi connectivity index (χ0n) is 9.96. The zero-order valence-corrected chi connectivity index (χ0v) is 9.96. The van der Waals surface area contributed by atoms with Gasteiger partial charge in [0.1, 0.15) is 0 Å². The second-order valence-corrected chi connectivity index (χ2v) is 5.47. The van der Waals surface area contributed by atoms with Crippen LogP contribution < -0.4 is 5.32 Å². The molecular weight excluding hydrogens is 182 g/mol. The third kappa shape index (κ3) is 2.23. The van der Waals surface area contributed by atoms with Crippen LogP contribution in [0.2, 0.25) is 0 Å². The van der Waals surface area contributed by atoms with Crippen LogP contribution in [-0.4, -0.2) is 6.54 Å². The largest absolute Gasteiger partial charge is 0.309 e. The molecule has 1 aromatic rings. The van der Waals surface area contributed by atoms with Crippen LogP contribution in [0.25, 0.3) is 0 Å². The highest BCUT2D eigenvalue weighted by Gasteiger charge is 2.33. The molecule has 1 heteroatoms. The van der Waals surface area contributed by atoms with E-state index in [2.05, 4.69) is 56.4 Å². The van der Waals surface area contributed by atoms with Gasteiger partial charge in [-0.25, -0.2) is 0 Å². The molecular formula is C14H21N. The first kappa shape index (κ1) is 10.7. The maximum absolute atomic E-state index is 3.66. The van der Waals surface area contributed by atoms with E-state index in [0.717, 1.165) is 12.5 Å². The lowest BCUT2D eigenvalue weighted by Crippen LogP contribution is -2.43. The van der Waals surface area contributed by atoms with Gasteiger partial charge in [-0.3, -0.25) is 0 Å². The van der Waals surface area contributed by atoms with Crippen LogP contribution >= 0.6 is 0 Å². The summed E-state index contributed by atoms with van der Waals surface area (Å²) in [6, 6.07) is 11.3. The van der Waals surface area contributed by atoms with Gasteiger partial charge in [0.05, 0.1) is 0 Å². The Morgan fingerprint density at radius 1 is 1.20 bits per heavy atom. The molecule has 2 rings (SSSR count). The maximum Gasteiger partial charge on any atom is 0.0323 e. The number of nitrogens with one attached hydrogen (secondary N) is 1. The molecule has 0 spiro atoms. The predicted molar refractivity (Wildman–Crippen MR) is 64.7 cm³/mol. The second-order valence-electron chi connectivity index (χ2n) is 5.47. The first-order chi connectivity index (χ1) is 7.09. The molecule has 1 aliphatic heterocycles. The molecule has 2 unspecified atom stereocenters. The Kier molecular flexibility index (Phi) is 2.83. The zero-order chi connectivity index (χ0) is 10.9. The van der Waals surface area contributed by atoms with Crippen molar-refractivity contribution in [3.05, 3.63) is 35.9 Å². The minimum atomic E-state index is 0.436. The lowest BCUT2D eigenvalue weighted by molar-refractivity contribution is 0.140. The fraction of sp³-hybridized carbons (Fsp3) is 0.571. The highest BCUT2D eigenvalue weighted by atomic mass is 14.9. The van der Waals surface area contributed by atoms with Crippen molar-refractivity contribution in [3.63, 3.8) is 0 Å². The normalized spacial score (nSPS) is 30.1. The van der Waals surface area contributed by atoms with Gasteiger partial charge in [-0.05, 0) is 23.3 Å². The standard InChI is InChI=1S/C14H21N/c1-11-9-13(15-10-14(11,2)3)12-7-5-4-6-8-12/h4-8,11,13,15H,9-10H2,1-3H3. The summed E-state index contributed by atoms with van der Waals surface area (Å²) in [4.78, 5) is 0. The van der Waals surface area contributed by atoms with Crippen LogP contribution in [0.4, 0.5) is 0 Å². The van der Waals surface area contributed by atoms with E-state index in [-0.39, 0.29) is 0 Å². The first-order valence-electron chi connectivity index (χ1n) is 5.88. The molecule has 0 saturated carbocycles. The molecule has 15 heavy (non-hydrogen) atoms. The van der Waals surface area contributed by atoms with E-state index in [9.17, 15) is 0 Å². The minimum absolute atomic E-state index is 0.436. The van der Waals surface area contributed by atoms with Crippen molar-refractivity contribution in [1.29, 1.82) is 0 Å². The van der Waals surface area contributed by atoms with Crippen LogP contribution in [0.15, 0.2) is 30.3 Å². The Bertz CT molecular complexity index is 315. The number of piperidine rings is 1. The predicted octanol–water partition coefficient (Wildman–Crippen LogP) is 3.38. The highest BCUT2D eigenvalue weighted by Crippen LogP contribution is 2.37. The Morgan fingerprint density at radius 3 is 2.47 bits per heavy atom. The van der Waals surface area contributed by atoms with Crippen LogP contribution in [-0.2, 0) is 0 Å². The van der Waals surface area contributed by atoms with Gasteiger partial charge >= 0.3 is 0 Å². The van der Waals surface area contributed by atoms with E-state index < -0.39 is 0 Å². The van der Waals surface area contributed by atoms with Gasteiger partial charge in [-0.1, -0.05) is 51.1 Å². The summed E-state index contributed by atoms with van der Waals surface area (Å²) in [5.74, 6) is 0.781. The molecule has 1 aliphatic rings. The minimum Gasteiger partial charge on any atom is -0.309 e. The third-order valence-electron chi connectivity index (χ3n) is 3.93. The molecule has 0 aromatic heterocycles. The summed E-state index contributed by atoms with van der Waals surface area (Å²) < 4.78 is 0. The van der Waals surface area contributed by atoms with E-state index in [1.54, 1.807) is 0 Å². The molecule has 1 heterocycles. The fourth-order valence-corrected chi connectivity index (χ4v) is 2.26. The molecule has 0 amide bonds. The molecule has 2 atom stereocenters. The van der Waals surface area contributed by atoms with Gasteiger partial charge in [0.25, 0.3) is 0 Å². The number of rotatable bonds is 1. The van der Waals surface area contributed by atoms with Crippen molar-refractivity contribution in [3.8, 4) is 0 Å². The average Bonchev–Trinajstić information content (AvgIpc) is 2.23. The summed E-state index contributed by atoms with van der Waals surface area (Å²) in [5, 5.41) is 3.66. The fourth-order valence-electron chi connectivity index (χ4n) is 2.26. The number of hydrogen-bond donors (Lipinski definition) is 1. The molecule has 1 N–H and O–H groups in total. The van der Waals surface area contributed by atoms with Crippen molar-refractivity contribution in [1.82, 2.24) is 5.32 Å². The smallest absolute Gasteiger partial charge is 0.0323 e. The molecule has 0 aliphatic carbocycles. The van der Waals surface area contributed by atoms with Gasteiger partial charge in [0.15, 0.2) is 0 Å². The Hall–Kier alpha value is -0.820. The molecule has 1 aromatic carbocycles. The van der Waals surface area contributed by atoms with E-state index in [0.29, 0.717) is 11.5 Å². The second kappa shape index (κ2) is 3.97. The first-order valence-corrected chi connectivity index (χ1v) is 5.88. The van der Waals surface area contributed by atoms with Crippen molar-refractivity contribution < 1.29 is 0 Å². The highest BCUT2D eigenvalue weighted by molar-refractivity contribution is 5.19. The van der Waals surface area contributed by atoms with Gasteiger partial charge < -0.3 is 5.32 Å². The van der Waals surface area contributed by atoms with Gasteiger partial charge in [-0.15, -0.1) is 0 Å². The Morgan fingerprint density at radius 2 is 1.87 bits per heavy atom. The van der Waals surface area contributed by atoms with Crippen LogP contribution in [0.3, 0.4) is 0 Å². The quantitative estimate of drug-likeness (QED) is 0.737. The lowest BCUT2D eigenvalue weighted by Gasteiger charge is -2.41. The average molecular weight is 203 g/mol. The Balaban J connectivity index is 2.10. The number of hydrogen-bond acceptors (Lipinski definition) is 1. The monoisotopic (exact) mass is 203 g/mol. The van der Waals surface area contributed by atoms with Crippen molar-refractivity contribution >= 4 is 0 Å². The van der Waals surface area contributed by atoms with E-state index in [4.69, 9.17) is 0 Å². The Labute approximate surface area is 92.9 Å². The van der Waals surface area contributed by atoms with Gasteiger partial charge in [-0.2, -0.15) is 0 Å². The van der Waals surface area contributed by atoms with E-state index in [1.807, 2.05) is 0 Å². The van der Waals surface area contributed by atoms with Crippen molar-refractivity contribution in [2.45, 2.75) is 33.2 Å². The van der Waals surface area contributed by atoms with Crippen molar-refractivity contribution in [2.75, 3.05) is 6.54 Å². The lowest BCUT2D eigenvalue weighted by atomic mass is 9.73. The summed E-state index contributed by atoms with van der Waals surface area (Å²) in [6.45, 7) is 8.20. The maximum atomic E-state index is 3.66. The van der Waals surface area contributed by atoms with Crippen LogP contribution in [0.5, 0.6) is 0 Å².